The number of hydrogen-bond acceptors (Lipinski definition) is 4. The highest BCUT2D eigenvalue weighted by Crippen LogP contribution is 2.18. The summed E-state index contributed by atoms with van der Waals surface area (Å²) in [4.78, 5) is 32.7. The van der Waals surface area contributed by atoms with Crippen LogP contribution in [0.15, 0.2) is 5.51 Å². The molecule has 2 rings (SSSR count). The standard InChI is InChI=1S/C14H21N3O2S/c1-10-4-5-13(18)17(10)8-14(19)16(3)7-6-12-11(2)15-9-20-12/h9-10H,4-8H2,1-3H3/t10-/m1/s1. The monoisotopic (exact) mass is 295 g/mol. The average molecular weight is 295 g/mol. The molecule has 2 heterocycles. The minimum absolute atomic E-state index is 0.00858. The van der Waals surface area contributed by atoms with Gasteiger partial charge in [0.1, 0.15) is 0 Å². The molecule has 0 aliphatic carbocycles. The molecule has 1 aromatic rings. The molecule has 5 nitrogen and oxygen atoms in total. The van der Waals surface area contributed by atoms with E-state index in [1.54, 1.807) is 28.2 Å². The fourth-order valence-electron chi connectivity index (χ4n) is 2.35. The number of hydrogen-bond donors (Lipinski definition) is 0. The molecule has 1 fully saturated rings. The maximum atomic E-state index is 12.2. The third kappa shape index (κ3) is 3.36. The lowest BCUT2D eigenvalue weighted by Gasteiger charge is -2.24. The zero-order valence-electron chi connectivity index (χ0n) is 12.3. The summed E-state index contributed by atoms with van der Waals surface area (Å²) in [6, 6.07) is 0.184. The van der Waals surface area contributed by atoms with Gasteiger partial charge in [0.2, 0.25) is 11.8 Å². The van der Waals surface area contributed by atoms with Crippen LogP contribution in [0.1, 0.15) is 30.3 Å². The largest absolute Gasteiger partial charge is 0.344 e. The lowest BCUT2D eigenvalue weighted by Crippen LogP contribution is -2.42. The van der Waals surface area contributed by atoms with Gasteiger partial charge < -0.3 is 9.80 Å². The van der Waals surface area contributed by atoms with Gasteiger partial charge in [0.15, 0.2) is 0 Å². The number of aromatic nitrogens is 1. The highest BCUT2D eigenvalue weighted by molar-refractivity contribution is 7.09. The Hall–Kier alpha value is -1.43. The molecule has 0 saturated carbocycles. The number of rotatable bonds is 5. The second-order valence-electron chi connectivity index (χ2n) is 5.34. The second kappa shape index (κ2) is 6.35. The molecule has 0 bridgehead atoms. The van der Waals surface area contributed by atoms with Crippen molar-refractivity contribution in [2.45, 2.75) is 39.2 Å². The van der Waals surface area contributed by atoms with Gasteiger partial charge in [-0.25, -0.2) is 4.98 Å². The quantitative estimate of drug-likeness (QED) is 0.826. The summed E-state index contributed by atoms with van der Waals surface area (Å²) in [6.45, 7) is 4.85. The Bertz CT molecular complexity index is 500. The normalized spacial score (nSPS) is 18.6. The minimum Gasteiger partial charge on any atom is -0.344 e. The molecule has 110 valence electrons. The first-order valence-corrected chi connectivity index (χ1v) is 7.79. The minimum atomic E-state index is 0.00858. The van der Waals surface area contributed by atoms with Crippen molar-refractivity contribution in [2.24, 2.45) is 0 Å². The third-order valence-electron chi connectivity index (χ3n) is 3.88. The van der Waals surface area contributed by atoms with Crippen molar-refractivity contribution >= 4 is 23.2 Å². The maximum Gasteiger partial charge on any atom is 0.241 e. The molecule has 0 spiro atoms. The van der Waals surface area contributed by atoms with Gasteiger partial charge in [-0.15, -0.1) is 11.3 Å². The first-order chi connectivity index (χ1) is 9.49. The van der Waals surface area contributed by atoms with Crippen LogP contribution in [0.2, 0.25) is 0 Å². The third-order valence-corrected chi connectivity index (χ3v) is 4.87. The summed E-state index contributed by atoms with van der Waals surface area (Å²) in [5.41, 5.74) is 2.87. The van der Waals surface area contributed by atoms with Crippen molar-refractivity contribution < 1.29 is 9.59 Å². The van der Waals surface area contributed by atoms with E-state index in [0.717, 1.165) is 18.5 Å². The SMILES string of the molecule is Cc1ncsc1CCN(C)C(=O)CN1C(=O)CC[C@H]1C. The zero-order valence-corrected chi connectivity index (χ0v) is 13.1. The van der Waals surface area contributed by atoms with Gasteiger partial charge in [-0.2, -0.15) is 0 Å². The lowest BCUT2D eigenvalue weighted by molar-refractivity contribution is -0.138. The van der Waals surface area contributed by atoms with Crippen molar-refractivity contribution in [3.8, 4) is 0 Å². The first-order valence-electron chi connectivity index (χ1n) is 6.91. The summed E-state index contributed by atoms with van der Waals surface area (Å²) >= 11 is 1.62. The van der Waals surface area contributed by atoms with Gasteiger partial charge in [0.25, 0.3) is 0 Å². The molecule has 1 aliphatic heterocycles. The Balaban J connectivity index is 1.83. The van der Waals surface area contributed by atoms with Crippen molar-refractivity contribution in [2.75, 3.05) is 20.1 Å². The molecule has 0 radical (unpaired) electrons. The Kier molecular flexibility index (Phi) is 4.75. The fourth-order valence-corrected chi connectivity index (χ4v) is 3.12. The zero-order chi connectivity index (χ0) is 14.7. The van der Waals surface area contributed by atoms with Crippen molar-refractivity contribution in [3.05, 3.63) is 16.1 Å². The first kappa shape index (κ1) is 15.0. The Labute approximate surface area is 123 Å². The molecule has 1 atom stereocenters. The highest BCUT2D eigenvalue weighted by Gasteiger charge is 2.29. The fraction of sp³-hybridized carbons (Fsp3) is 0.643. The predicted molar refractivity (Wildman–Crippen MR) is 78.6 cm³/mol. The van der Waals surface area contributed by atoms with E-state index >= 15 is 0 Å². The number of amides is 2. The van der Waals surface area contributed by atoms with Crippen LogP contribution in [-0.2, 0) is 16.0 Å². The van der Waals surface area contributed by atoms with Crippen LogP contribution in [0.25, 0.3) is 0 Å². The Morgan fingerprint density at radius 1 is 1.60 bits per heavy atom. The van der Waals surface area contributed by atoms with Gasteiger partial charge in [0, 0.05) is 37.4 Å². The van der Waals surface area contributed by atoms with E-state index < -0.39 is 0 Å². The van der Waals surface area contributed by atoms with Crippen LogP contribution in [0.5, 0.6) is 0 Å². The number of likely N-dealkylation sites (N-methyl/N-ethyl adjacent to an activating group) is 1. The molecular weight excluding hydrogens is 274 g/mol. The van der Waals surface area contributed by atoms with Gasteiger partial charge in [-0.1, -0.05) is 0 Å². The topological polar surface area (TPSA) is 53.5 Å². The van der Waals surface area contributed by atoms with E-state index in [4.69, 9.17) is 0 Å². The van der Waals surface area contributed by atoms with Crippen molar-refractivity contribution in [1.29, 1.82) is 0 Å². The van der Waals surface area contributed by atoms with Crippen LogP contribution in [0.3, 0.4) is 0 Å². The van der Waals surface area contributed by atoms with Crippen LogP contribution in [0.4, 0.5) is 0 Å². The number of carbonyl (C=O) groups is 2. The van der Waals surface area contributed by atoms with E-state index in [-0.39, 0.29) is 24.4 Å². The molecule has 20 heavy (non-hydrogen) atoms. The van der Waals surface area contributed by atoms with Crippen LogP contribution in [0, 0.1) is 6.92 Å². The molecule has 1 aromatic heterocycles. The maximum absolute atomic E-state index is 12.2. The van der Waals surface area contributed by atoms with Crippen LogP contribution >= 0.6 is 11.3 Å². The van der Waals surface area contributed by atoms with E-state index in [2.05, 4.69) is 4.98 Å². The molecule has 0 N–H and O–H groups in total. The number of aryl methyl sites for hydroxylation is 1. The molecule has 0 unspecified atom stereocenters. The summed E-state index contributed by atoms with van der Waals surface area (Å²) in [5.74, 6) is 0.104. The summed E-state index contributed by atoms with van der Waals surface area (Å²) in [6.07, 6.45) is 2.25. The highest BCUT2D eigenvalue weighted by atomic mass is 32.1. The molecule has 0 aromatic carbocycles. The van der Waals surface area contributed by atoms with Gasteiger partial charge in [-0.3, -0.25) is 9.59 Å². The molecule has 2 amide bonds. The van der Waals surface area contributed by atoms with E-state index in [9.17, 15) is 9.59 Å². The summed E-state index contributed by atoms with van der Waals surface area (Å²) in [7, 11) is 1.80. The van der Waals surface area contributed by atoms with E-state index in [0.29, 0.717) is 13.0 Å². The predicted octanol–water partition coefficient (Wildman–Crippen LogP) is 1.46. The van der Waals surface area contributed by atoms with Crippen LogP contribution < -0.4 is 0 Å². The van der Waals surface area contributed by atoms with Crippen molar-refractivity contribution in [3.63, 3.8) is 0 Å². The molecule has 1 aliphatic rings. The van der Waals surface area contributed by atoms with Crippen molar-refractivity contribution in [1.82, 2.24) is 14.8 Å². The molecule has 6 heteroatoms. The number of carbonyl (C=O) groups excluding carboxylic acids is 2. The number of likely N-dealkylation sites (tertiary alicyclic amines) is 1. The summed E-state index contributed by atoms with van der Waals surface area (Å²) in [5, 5.41) is 0. The summed E-state index contributed by atoms with van der Waals surface area (Å²) < 4.78 is 0. The Morgan fingerprint density at radius 2 is 2.35 bits per heavy atom. The van der Waals surface area contributed by atoms with Gasteiger partial charge in [0.05, 0.1) is 17.7 Å². The van der Waals surface area contributed by atoms with E-state index in [1.165, 1.54) is 4.88 Å². The second-order valence-corrected chi connectivity index (χ2v) is 6.27. The Morgan fingerprint density at radius 3 is 2.90 bits per heavy atom. The smallest absolute Gasteiger partial charge is 0.241 e. The van der Waals surface area contributed by atoms with E-state index in [1.807, 2.05) is 19.4 Å². The molecular formula is C14H21N3O2S. The lowest BCUT2D eigenvalue weighted by atomic mass is 10.2. The van der Waals surface area contributed by atoms with Gasteiger partial charge >= 0.3 is 0 Å². The number of thiazole rings is 1. The van der Waals surface area contributed by atoms with Crippen LogP contribution in [-0.4, -0.2) is 52.8 Å². The van der Waals surface area contributed by atoms with Gasteiger partial charge in [-0.05, 0) is 20.3 Å². The molecule has 1 saturated heterocycles. The average Bonchev–Trinajstić information content (AvgIpc) is 2.96. The number of nitrogens with zero attached hydrogens (tertiary/aromatic N) is 3.